The molecule has 1 aromatic carbocycles. The molecule has 0 bridgehead atoms. The summed E-state index contributed by atoms with van der Waals surface area (Å²) in [5, 5.41) is 14.6. The second kappa shape index (κ2) is 8.29. The Morgan fingerprint density at radius 2 is 2.08 bits per heavy atom. The van der Waals surface area contributed by atoms with Crippen LogP contribution in [0.5, 0.6) is 0 Å². The van der Waals surface area contributed by atoms with Crippen molar-refractivity contribution in [1.82, 2.24) is 15.5 Å². The number of nitrogens with zero attached hydrogens (tertiary/aromatic N) is 1. The number of carboxylic acid groups (broad SMARTS) is 1. The molecule has 0 radical (unpaired) electrons. The fourth-order valence-electron chi connectivity index (χ4n) is 3.06. The molecule has 2 rings (SSSR count). The first-order valence-corrected chi connectivity index (χ1v) is 8.59. The Hall–Kier alpha value is -2.15. The van der Waals surface area contributed by atoms with Gasteiger partial charge in [-0.2, -0.15) is 0 Å². The monoisotopic (exact) mass is 351 g/mol. The first kappa shape index (κ1) is 19.2. The van der Waals surface area contributed by atoms with Gasteiger partial charge in [0.2, 0.25) is 0 Å². The van der Waals surface area contributed by atoms with Crippen molar-refractivity contribution < 1.29 is 19.1 Å². The van der Waals surface area contributed by atoms with E-state index >= 15 is 0 Å². The first-order valence-electron chi connectivity index (χ1n) is 8.59. The van der Waals surface area contributed by atoms with Crippen molar-refractivity contribution >= 4 is 12.0 Å². The number of carbonyl (C=O) groups excluding carboxylic acids is 1. The van der Waals surface area contributed by atoms with E-state index in [-0.39, 0.29) is 36.5 Å². The van der Waals surface area contributed by atoms with Crippen molar-refractivity contribution in [2.45, 2.75) is 51.7 Å². The fourth-order valence-corrected chi connectivity index (χ4v) is 3.06. The largest absolute Gasteiger partial charge is 0.480 e. The highest BCUT2D eigenvalue weighted by Gasteiger charge is 2.34. The minimum Gasteiger partial charge on any atom is -0.480 e. The Bertz CT molecular complexity index is 632. The maximum atomic E-state index is 13.6. The van der Waals surface area contributed by atoms with E-state index in [0.717, 1.165) is 12.8 Å². The number of carboxylic acids is 1. The summed E-state index contributed by atoms with van der Waals surface area (Å²) in [5.74, 6) is -1.12. The van der Waals surface area contributed by atoms with Crippen LogP contribution in [0.2, 0.25) is 0 Å². The van der Waals surface area contributed by atoms with Gasteiger partial charge in [-0.15, -0.1) is 0 Å². The molecule has 0 aromatic heterocycles. The van der Waals surface area contributed by atoms with Crippen LogP contribution in [-0.4, -0.2) is 47.2 Å². The van der Waals surface area contributed by atoms with Crippen molar-refractivity contribution in [1.29, 1.82) is 0 Å². The molecule has 25 heavy (non-hydrogen) atoms. The van der Waals surface area contributed by atoms with Crippen LogP contribution in [-0.2, 0) is 4.79 Å². The highest BCUT2D eigenvalue weighted by molar-refractivity contribution is 5.75. The van der Waals surface area contributed by atoms with E-state index in [0.29, 0.717) is 17.7 Å². The number of halogens is 1. The molecule has 7 heteroatoms. The van der Waals surface area contributed by atoms with Gasteiger partial charge in [0.1, 0.15) is 5.82 Å². The molecule has 1 aliphatic rings. The van der Waals surface area contributed by atoms with Crippen molar-refractivity contribution in [3.05, 3.63) is 35.1 Å². The number of carbonyl (C=O) groups is 2. The van der Waals surface area contributed by atoms with Crippen LogP contribution in [0, 0.1) is 12.7 Å². The lowest BCUT2D eigenvalue weighted by molar-refractivity contribution is -0.139. The van der Waals surface area contributed by atoms with Crippen LogP contribution in [0.25, 0.3) is 0 Å². The van der Waals surface area contributed by atoms with Gasteiger partial charge >= 0.3 is 12.0 Å². The molecule has 1 aromatic rings. The molecule has 1 fully saturated rings. The summed E-state index contributed by atoms with van der Waals surface area (Å²) >= 11 is 0. The van der Waals surface area contributed by atoms with Crippen molar-refractivity contribution in [2.24, 2.45) is 0 Å². The summed E-state index contributed by atoms with van der Waals surface area (Å²) < 4.78 is 13.6. The Morgan fingerprint density at radius 1 is 1.40 bits per heavy atom. The number of hydrogen-bond donors (Lipinski definition) is 3. The molecule has 0 aliphatic heterocycles. The average molecular weight is 351 g/mol. The summed E-state index contributed by atoms with van der Waals surface area (Å²) in [5.41, 5.74) is 1.28. The Morgan fingerprint density at radius 3 is 2.64 bits per heavy atom. The average Bonchev–Trinajstić information content (AvgIpc) is 2.50. The van der Waals surface area contributed by atoms with Crippen LogP contribution < -0.4 is 10.6 Å². The second-order valence-corrected chi connectivity index (χ2v) is 6.63. The third kappa shape index (κ3) is 5.16. The van der Waals surface area contributed by atoms with Gasteiger partial charge in [-0.1, -0.05) is 19.1 Å². The van der Waals surface area contributed by atoms with E-state index in [1.54, 1.807) is 26.0 Å². The maximum Gasteiger partial charge on any atom is 0.317 e. The number of nitrogens with one attached hydrogen (secondary N) is 2. The normalized spacial score (nSPS) is 20.7. The minimum absolute atomic E-state index is 0.0239. The Balaban J connectivity index is 1.78. The molecule has 0 saturated heterocycles. The predicted octanol–water partition coefficient (Wildman–Crippen LogP) is 2.43. The number of aryl methyl sites for hydroxylation is 1. The molecule has 3 N–H and O–H groups in total. The first-order chi connectivity index (χ1) is 11.8. The van der Waals surface area contributed by atoms with Crippen LogP contribution in [0.4, 0.5) is 9.18 Å². The zero-order valence-electron chi connectivity index (χ0n) is 14.9. The smallest absolute Gasteiger partial charge is 0.317 e. The molecule has 0 heterocycles. The van der Waals surface area contributed by atoms with Gasteiger partial charge in [0.05, 0.1) is 12.6 Å². The number of benzene rings is 1. The van der Waals surface area contributed by atoms with Gasteiger partial charge in [0.15, 0.2) is 0 Å². The van der Waals surface area contributed by atoms with Crippen molar-refractivity contribution in [3.8, 4) is 0 Å². The van der Waals surface area contributed by atoms with Gasteiger partial charge < -0.3 is 15.7 Å². The van der Waals surface area contributed by atoms with Crippen molar-refractivity contribution in [3.63, 3.8) is 0 Å². The molecular weight excluding hydrogens is 325 g/mol. The topological polar surface area (TPSA) is 81.7 Å². The summed E-state index contributed by atoms with van der Waals surface area (Å²) in [6, 6.07) is 4.56. The molecule has 6 nitrogen and oxygen atoms in total. The number of hydrogen-bond acceptors (Lipinski definition) is 3. The van der Waals surface area contributed by atoms with Gasteiger partial charge in [-0.3, -0.25) is 9.69 Å². The summed E-state index contributed by atoms with van der Waals surface area (Å²) in [6.45, 7) is 6.13. The standard InChI is InChI=1S/C18H26FN3O3/c1-4-22(10-17(23)24)15-8-14(9-15)21-18(25)20-12(3)13-6-5-11(2)16(19)7-13/h5-7,12,14-15H,4,8-10H2,1-3H3,(H,23,24)(H2,20,21,25)/t12-,14?,15?/m1/s1. The third-order valence-corrected chi connectivity index (χ3v) is 4.75. The zero-order valence-corrected chi connectivity index (χ0v) is 14.9. The van der Waals surface area contributed by atoms with Crippen LogP contribution in [0.1, 0.15) is 43.9 Å². The molecule has 138 valence electrons. The van der Waals surface area contributed by atoms with Crippen LogP contribution in [0.15, 0.2) is 18.2 Å². The van der Waals surface area contributed by atoms with Gasteiger partial charge in [0, 0.05) is 12.1 Å². The second-order valence-electron chi connectivity index (χ2n) is 6.63. The van der Waals surface area contributed by atoms with Gasteiger partial charge in [-0.25, -0.2) is 9.18 Å². The van der Waals surface area contributed by atoms with Gasteiger partial charge in [-0.05, 0) is 50.4 Å². The number of aliphatic carboxylic acids is 1. The quantitative estimate of drug-likeness (QED) is 0.705. The van der Waals surface area contributed by atoms with Crippen LogP contribution in [0.3, 0.4) is 0 Å². The Kier molecular flexibility index (Phi) is 6.36. The van der Waals surface area contributed by atoms with E-state index in [1.165, 1.54) is 6.07 Å². The lowest BCUT2D eigenvalue weighted by Gasteiger charge is -2.42. The van der Waals surface area contributed by atoms with E-state index in [4.69, 9.17) is 5.11 Å². The zero-order chi connectivity index (χ0) is 18.6. The lowest BCUT2D eigenvalue weighted by atomic mass is 9.85. The van der Waals surface area contributed by atoms with Crippen LogP contribution >= 0.6 is 0 Å². The van der Waals surface area contributed by atoms with Crippen molar-refractivity contribution in [2.75, 3.05) is 13.1 Å². The number of amides is 2. The lowest BCUT2D eigenvalue weighted by Crippen LogP contribution is -2.56. The minimum atomic E-state index is -0.838. The number of likely N-dealkylation sites (N-methyl/N-ethyl adjacent to an activating group) is 1. The maximum absolute atomic E-state index is 13.6. The summed E-state index contributed by atoms with van der Waals surface area (Å²) in [4.78, 5) is 24.8. The highest BCUT2D eigenvalue weighted by atomic mass is 19.1. The molecular formula is C18H26FN3O3. The number of urea groups is 1. The fraction of sp³-hybridized carbons (Fsp3) is 0.556. The summed E-state index contributed by atoms with van der Waals surface area (Å²) in [7, 11) is 0. The number of rotatable bonds is 7. The third-order valence-electron chi connectivity index (χ3n) is 4.75. The molecule has 0 spiro atoms. The predicted molar refractivity (Wildman–Crippen MR) is 92.9 cm³/mol. The SMILES string of the molecule is CCN(CC(=O)O)C1CC(NC(=O)N[C@H](C)c2ccc(C)c(F)c2)C1. The Labute approximate surface area is 147 Å². The molecule has 2 amide bonds. The molecule has 1 saturated carbocycles. The highest BCUT2D eigenvalue weighted by Crippen LogP contribution is 2.25. The van der Waals surface area contributed by atoms with E-state index in [2.05, 4.69) is 10.6 Å². The molecule has 1 atom stereocenters. The van der Waals surface area contributed by atoms with E-state index in [9.17, 15) is 14.0 Å². The van der Waals surface area contributed by atoms with E-state index < -0.39 is 5.97 Å². The van der Waals surface area contributed by atoms with Gasteiger partial charge in [0.25, 0.3) is 0 Å². The molecule has 1 aliphatic carbocycles. The molecule has 0 unspecified atom stereocenters. The van der Waals surface area contributed by atoms with E-state index in [1.807, 2.05) is 11.8 Å². The summed E-state index contributed by atoms with van der Waals surface area (Å²) in [6.07, 6.45) is 1.48.